The molecule has 106 valence electrons. The summed E-state index contributed by atoms with van der Waals surface area (Å²) in [7, 11) is 0. The summed E-state index contributed by atoms with van der Waals surface area (Å²) in [6.07, 6.45) is 3.94. The molecule has 0 bridgehead atoms. The number of hydrogen-bond donors (Lipinski definition) is 3. The Hall–Kier alpha value is -1.42. The number of anilines is 2. The van der Waals surface area contributed by atoms with Crippen molar-refractivity contribution in [2.24, 2.45) is 5.92 Å². The lowest BCUT2D eigenvalue weighted by molar-refractivity contribution is 0.111. The molecule has 1 aliphatic carbocycles. The molecule has 1 fully saturated rings. The highest BCUT2D eigenvalue weighted by molar-refractivity contribution is 5.59. The van der Waals surface area contributed by atoms with E-state index in [4.69, 9.17) is 10.5 Å². The van der Waals surface area contributed by atoms with Gasteiger partial charge in [0.25, 0.3) is 0 Å². The van der Waals surface area contributed by atoms with E-state index in [0.29, 0.717) is 18.2 Å². The number of aliphatic hydroxyl groups is 1. The summed E-state index contributed by atoms with van der Waals surface area (Å²) < 4.78 is 5.48. The normalized spacial score (nSPS) is 23.1. The van der Waals surface area contributed by atoms with Crippen LogP contribution in [0.2, 0.25) is 0 Å². The molecule has 0 saturated heterocycles. The van der Waals surface area contributed by atoms with Crippen LogP contribution in [0.5, 0.6) is 5.75 Å². The van der Waals surface area contributed by atoms with E-state index in [1.54, 1.807) is 0 Å². The second-order valence-corrected chi connectivity index (χ2v) is 5.28. The van der Waals surface area contributed by atoms with Crippen LogP contribution in [0, 0.1) is 5.92 Å². The SMILES string of the molecule is CCOc1cc(N)cc(NCC2CCC(O)CC2)c1. The molecule has 1 aliphatic rings. The van der Waals surface area contributed by atoms with Crippen LogP contribution in [0.25, 0.3) is 0 Å². The molecule has 1 aromatic rings. The molecule has 4 heteroatoms. The molecule has 1 saturated carbocycles. The van der Waals surface area contributed by atoms with Gasteiger partial charge in [0, 0.05) is 30.1 Å². The number of nitrogens with two attached hydrogens (primary N) is 1. The maximum absolute atomic E-state index is 9.49. The first-order valence-corrected chi connectivity index (χ1v) is 7.12. The van der Waals surface area contributed by atoms with Gasteiger partial charge in [-0.2, -0.15) is 0 Å². The minimum absolute atomic E-state index is 0.0897. The largest absolute Gasteiger partial charge is 0.494 e. The van der Waals surface area contributed by atoms with Crippen molar-refractivity contribution in [3.05, 3.63) is 18.2 Å². The Morgan fingerprint density at radius 2 is 2.00 bits per heavy atom. The molecule has 4 nitrogen and oxygen atoms in total. The number of hydrogen-bond acceptors (Lipinski definition) is 4. The van der Waals surface area contributed by atoms with Crippen molar-refractivity contribution in [2.75, 3.05) is 24.2 Å². The zero-order valence-electron chi connectivity index (χ0n) is 11.6. The van der Waals surface area contributed by atoms with E-state index in [2.05, 4.69) is 5.32 Å². The van der Waals surface area contributed by atoms with Crippen LogP contribution in [0.15, 0.2) is 18.2 Å². The van der Waals surface area contributed by atoms with Crippen LogP contribution in [-0.4, -0.2) is 24.4 Å². The number of ether oxygens (including phenoxy) is 1. The number of rotatable bonds is 5. The summed E-state index contributed by atoms with van der Waals surface area (Å²) in [5.74, 6) is 1.45. The first kappa shape index (κ1) is 14.0. The molecular formula is C15H24N2O2. The molecule has 0 spiro atoms. The van der Waals surface area contributed by atoms with E-state index >= 15 is 0 Å². The van der Waals surface area contributed by atoms with Crippen LogP contribution in [0.4, 0.5) is 11.4 Å². The van der Waals surface area contributed by atoms with Gasteiger partial charge >= 0.3 is 0 Å². The highest BCUT2D eigenvalue weighted by Crippen LogP contribution is 2.26. The number of aliphatic hydroxyl groups excluding tert-OH is 1. The van der Waals surface area contributed by atoms with Crippen LogP contribution in [-0.2, 0) is 0 Å². The molecule has 0 heterocycles. The quantitative estimate of drug-likeness (QED) is 0.715. The lowest BCUT2D eigenvalue weighted by Gasteiger charge is -2.25. The topological polar surface area (TPSA) is 67.5 Å². The molecule has 1 aromatic carbocycles. The Bertz CT molecular complexity index is 401. The molecule has 0 aliphatic heterocycles. The smallest absolute Gasteiger partial charge is 0.123 e. The molecular weight excluding hydrogens is 240 g/mol. The van der Waals surface area contributed by atoms with E-state index in [0.717, 1.165) is 43.7 Å². The van der Waals surface area contributed by atoms with Crippen molar-refractivity contribution in [1.82, 2.24) is 0 Å². The number of nitrogen functional groups attached to an aromatic ring is 1. The van der Waals surface area contributed by atoms with E-state index in [9.17, 15) is 5.11 Å². The van der Waals surface area contributed by atoms with Crippen molar-refractivity contribution in [1.29, 1.82) is 0 Å². The molecule has 4 N–H and O–H groups in total. The monoisotopic (exact) mass is 264 g/mol. The van der Waals surface area contributed by atoms with Gasteiger partial charge in [-0.15, -0.1) is 0 Å². The van der Waals surface area contributed by atoms with Gasteiger partial charge in [0.15, 0.2) is 0 Å². The van der Waals surface area contributed by atoms with E-state index in [1.807, 2.05) is 25.1 Å². The lowest BCUT2D eigenvalue weighted by atomic mass is 9.87. The van der Waals surface area contributed by atoms with Gasteiger partial charge in [-0.25, -0.2) is 0 Å². The maximum Gasteiger partial charge on any atom is 0.123 e. The Kier molecular flexibility index (Phi) is 4.91. The highest BCUT2D eigenvalue weighted by Gasteiger charge is 2.18. The Labute approximate surface area is 115 Å². The fourth-order valence-electron chi connectivity index (χ4n) is 2.59. The van der Waals surface area contributed by atoms with Gasteiger partial charge in [0.2, 0.25) is 0 Å². The molecule has 0 aromatic heterocycles. The Balaban J connectivity index is 1.88. The second-order valence-electron chi connectivity index (χ2n) is 5.28. The zero-order valence-corrected chi connectivity index (χ0v) is 11.6. The summed E-state index contributed by atoms with van der Waals surface area (Å²) in [6.45, 7) is 3.54. The van der Waals surface area contributed by atoms with Crippen molar-refractivity contribution in [2.45, 2.75) is 38.7 Å². The van der Waals surface area contributed by atoms with Gasteiger partial charge < -0.3 is 20.9 Å². The van der Waals surface area contributed by atoms with Crippen LogP contribution < -0.4 is 15.8 Å². The predicted molar refractivity (Wildman–Crippen MR) is 78.5 cm³/mol. The summed E-state index contributed by atoms with van der Waals surface area (Å²) in [5.41, 5.74) is 7.59. The second kappa shape index (κ2) is 6.66. The predicted octanol–water partition coefficient (Wildman–Crippen LogP) is 2.63. The summed E-state index contributed by atoms with van der Waals surface area (Å²) in [6, 6.07) is 5.75. The third-order valence-electron chi connectivity index (χ3n) is 3.65. The third kappa shape index (κ3) is 4.31. The average Bonchev–Trinajstić information content (AvgIpc) is 2.38. The lowest BCUT2D eigenvalue weighted by Crippen LogP contribution is -2.23. The van der Waals surface area contributed by atoms with Crippen molar-refractivity contribution in [3.8, 4) is 5.75 Å². The fraction of sp³-hybridized carbons (Fsp3) is 0.600. The van der Waals surface area contributed by atoms with Gasteiger partial charge in [-0.1, -0.05) is 0 Å². The van der Waals surface area contributed by atoms with E-state index < -0.39 is 0 Å². The van der Waals surface area contributed by atoms with Crippen molar-refractivity contribution >= 4 is 11.4 Å². The highest BCUT2D eigenvalue weighted by atomic mass is 16.5. The molecule has 19 heavy (non-hydrogen) atoms. The summed E-state index contributed by atoms with van der Waals surface area (Å²) in [4.78, 5) is 0. The Morgan fingerprint density at radius 3 is 2.68 bits per heavy atom. The molecule has 0 unspecified atom stereocenters. The maximum atomic E-state index is 9.49. The van der Waals surface area contributed by atoms with Crippen molar-refractivity contribution in [3.63, 3.8) is 0 Å². The van der Waals surface area contributed by atoms with Crippen LogP contribution >= 0.6 is 0 Å². The molecule has 0 atom stereocenters. The van der Waals surface area contributed by atoms with Gasteiger partial charge in [-0.3, -0.25) is 0 Å². The van der Waals surface area contributed by atoms with Crippen LogP contribution in [0.1, 0.15) is 32.6 Å². The van der Waals surface area contributed by atoms with Crippen molar-refractivity contribution < 1.29 is 9.84 Å². The molecule has 0 amide bonds. The minimum atomic E-state index is -0.0897. The Morgan fingerprint density at radius 1 is 1.26 bits per heavy atom. The molecule has 2 rings (SSSR count). The molecule has 0 radical (unpaired) electrons. The number of benzene rings is 1. The van der Waals surface area contributed by atoms with E-state index in [-0.39, 0.29) is 6.10 Å². The third-order valence-corrected chi connectivity index (χ3v) is 3.65. The van der Waals surface area contributed by atoms with Crippen LogP contribution in [0.3, 0.4) is 0 Å². The van der Waals surface area contributed by atoms with Gasteiger partial charge in [0.1, 0.15) is 5.75 Å². The average molecular weight is 264 g/mol. The zero-order chi connectivity index (χ0) is 13.7. The van der Waals surface area contributed by atoms with E-state index in [1.165, 1.54) is 0 Å². The first-order valence-electron chi connectivity index (χ1n) is 7.12. The first-order chi connectivity index (χ1) is 9.17. The standard InChI is InChI=1S/C15H24N2O2/c1-2-19-15-8-12(16)7-13(9-15)17-10-11-3-5-14(18)6-4-11/h7-9,11,14,17-18H,2-6,10,16H2,1H3. The number of nitrogens with one attached hydrogen (secondary N) is 1. The van der Waals surface area contributed by atoms with Gasteiger partial charge in [0.05, 0.1) is 12.7 Å². The summed E-state index contributed by atoms with van der Waals surface area (Å²) >= 11 is 0. The summed E-state index contributed by atoms with van der Waals surface area (Å²) in [5, 5.41) is 12.9. The minimum Gasteiger partial charge on any atom is -0.494 e. The van der Waals surface area contributed by atoms with Gasteiger partial charge in [-0.05, 0) is 44.6 Å². The fourth-order valence-corrected chi connectivity index (χ4v) is 2.59.